The van der Waals surface area contributed by atoms with E-state index in [9.17, 15) is 0 Å². The lowest BCUT2D eigenvalue weighted by molar-refractivity contribution is 0.0389. The lowest BCUT2D eigenvalue weighted by Crippen LogP contribution is -2.44. The normalized spacial score (nSPS) is 18.1. The fraction of sp³-hybridized carbons (Fsp3) is 0.611. The number of rotatable bonds is 6. The number of hydrogen-bond donors (Lipinski definition) is 2. The Morgan fingerprint density at radius 2 is 2.00 bits per heavy atom. The minimum atomic E-state index is 0.816. The fourth-order valence-corrected chi connectivity index (χ4v) is 3.10. The molecule has 0 unspecified atom stereocenters. The number of nitrogens with one attached hydrogen (secondary N) is 2. The molecule has 0 aromatic heterocycles. The van der Waals surface area contributed by atoms with Gasteiger partial charge in [0.15, 0.2) is 5.96 Å². The summed E-state index contributed by atoms with van der Waals surface area (Å²) >= 11 is 0. The van der Waals surface area contributed by atoms with E-state index in [1.165, 1.54) is 11.1 Å². The van der Waals surface area contributed by atoms with Gasteiger partial charge in [-0.05, 0) is 23.6 Å². The van der Waals surface area contributed by atoms with E-state index in [1.54, 1.807) is 0 Å². The lowest BCUT2D eigenvalue weighted by Gasteiger charge is -2.26. The summed E-state index contributed by atoms with van der Waals surface area (Å²) in [5.41, 5.74) is 2.68. The van der Waals surface area contributed by atoms with Crippen LogP contribution < -0.4 is 15.4 Å². The molecule has 2 aliphatic rings. The summed E-state index contributed by atoms with van der Waals surface area (Å²) in [6.07, 6.45) is 2.01. The van der Waals surface area contributed by atoms with Crippen molar-refractivity contribution in [3.63, 3.8) is 0 Å². The first-order valence-corrected chi connectivity index (χ1v) is 8.84. The average molecular weight is 332 g/mol. The van der Waals surface area contributed by atoms with Gasteiger partial charge in [0.05, 0.1) is 19.8 Å². The van der Waals surface area contributed by atoms with Gasteiger partial charge in [0.2, 0.25) is 0 Å². The van der Waals surface area contributed by atoms with Gasteiger partial charge >= 0.3 is 0 Å². The number of nitrogens with zero attached hydrogens (tertiary/aromatic N) is 2. The van der Waals surface area contributed by atoms with Crippen LogP contribution in [-0.4, -0.2) is 70.5 Å². The van der Waals surface area contributed by atoms with Gasteiger partial charge < -0.3 is 20.1 Å². The maximum absolute atomic E-state index is 5.55. The van der Waals surface area contributed by atoms with Gasteiger partial charge in [-0.3, -0.25) is 9.89 Å². The van der Waals surface area contributed by atoms with Crippen LogP contribution in [0.1, 0.15) is 11.1 Å². The Morgan fingerprint density at radius 1 is 1.17 bits per heavy atom. The molecule has 3 rings (SSSR count). The number of morpholine rings is 1. The van der Waals surface area contributed by atoms with Gasteiger partial charge in [-0.2, -0.15) is 0 Å². The van der Waals surface area contributed by atoms with Crippen molar-refractivity contribution in [2.75, 3.05) is 59.6 Å². The molecule has 1 aromatic rings. The van der Waals surface area contributed by atoms with Crippen molar-refractivity contribution in [2.24, 2.45) is 4.99 Å². The molecule has 0 radical (unpaired) electrons. The van der Waals surface area contributed by atoms with Crippen LogP contribution in [0.2, 0.25) is 0 Å². The van der Waals surface area contributed by atoms with Crippen LogP contribution in [-0.2, 0) is 17.6 Å². The Labute approximate surface area is 144 Å². The van der Waals surface area contributed by atoms with E-state index in [2.05, 4.69) is 38.7 Å². The molecule has 6 heteroatoms. The fourth-order valence-electron chi connectivity index (χ4n) is 3.10. The molecule has 1 saturated heterocycles. The zero-order valence-electron chi connectivity index (χ0n) is 14.5. The number of hydrogen-bond acceptors (Lipinski definition) is 4. The summed E-state index contributed by atoms with van der Waals surface area (Å²) in [4.78, 5) is 6.70. The minimum Gasteiger partial charge on any atom is -0.493 e. The molecular formula is C18H28N4O2. The molecule has 132 valence electrons. The first kappa shape index (κ1) is 17.0. The van der Waals surface area contributed by atoms with Crippen molar-refractivity contribution in [2.45, 2.75) is 12.8 Å². The summed E-state index contributed by atoms with van der Waals surface area (Å²) < 4.78 is 10.9. The van der Waals surface area contributed by atoms with Crippen molar-refractivity contribution in [3.8, 4) is 5.75 Å². The molecule has 0 saturated carbocycles. The molecule has 0 bridgehead atoms. The maximum atomic E-state index is 5.55. The topological polar surface area (TPSA) is 58.1 Å². The van der Waals surface area contributed by atoms with E-state index >= 15 is 0 Å². The largest absolute Gasteiger partial charge is 0.493 e. The molecule has 2 heterocycles. The average Bonchev–Trinajstić information content (AvgIpc) is 3.09. The highest BCUT2D eigenvalue weighted by Crippen LogP contribution is 2.25. The standard InChI is InChI=1S/C18H28N4O2/c1-19-18(21-7-8-22-9-12-23-13-10-22)20-6-4-15-2-3-17-16(14-15)5-11-24-17/h2-3,14H,4-13H2,1H3,(H2,19,20,21). The molecule has 0 aliphatic carbocycles. The summed E-state index contributed by atoms with van der Waals surface area (Å²) in [5.74, 6) is 1.92. The Balaban J connectivity index is 1.35. The van der Waals surface area contributed by atoms with Gasteiger partial charge in [-0.25, -0.2) is 0 Å². The van der Waals surface area contributed by atoms with Gasteiger partial charge in [0.1, 0.15) is 5.75 Å². The van der Waals surface area contributed by atoms with Gasteiger partial charge in [0.25, 0.3) is 0 Å². The van der Waals surface area contributed by atoms with Crippen LogP contribution in [0.5, 0.6) is 5.75 Å². The predicted octanol–water partition coefficient (Wildman–Crippen LogP) is 0.661. The highest BCUT2D eigenvalue weighted by atomic mass is 16.5. The van der Waals surface area contributed by atoms with E-state index in [-0.39, 0.29) is 0 Å². The second-order valence-corrected chi connectivity index (χ2v) is 6.17. The zero-order chi connectivity index (χ0) is 16.6. The Kier molecular flexibility index (Phi) is 6.32. The van der Waals surface area contributed by atoms with Crippen molar-refractivity contribution >= 4 is 5.96 Å². The highest BCUT2D eigenvalue weighted by molar-refractivity contribution is 5.79. The summed E-state index contributed by atoms with van der Waals surface area (Å²) in [6.45, 7) is 7.35. The highest BCUT2D eigenvalue weighted by Gasteiger charge is 2.12. The van der Waals surface area contributed by atoms with Crippen molar-refractivity contribution in [1.29, 1.82) is 0 Å². The van der Waals surface area contributed by atoms with Crippen molar-refractivity contribution in [1.82, 2.24) is 15.5 Å². The van der Waals surface area contributed by atoms with Crippen LogP contribution >= 0.6 is 0 Å². The SMILES string of the molecule is CN=C(NCCc1ccc2c(c1)CCO2)NCCN1CCOCC1. The number of fused-ring (bicyclic) bond motifs is 1. The van der Waals surface area contributed by atoms with Gasteiger partial charge in [-0.1, -0.05) is 12.1 Å². The number of aliphatic imine (C=N–C) groups is 1. The van der Waals surface area contributed by atoms with Crippen LogP contribution in [0.15, 0.2) is 23.2 Å². The van der Waals surface area contributed by atoms with Crippen LogP contribution in [0.3, 0.4) is 0 Å². The molecule has 24 heavy (non-hydrogen) atoms. The third-order valence-electron chi connectivity index (χ3n) is 4.51. The van der Waals surface area contributed by atoms with Crippen LogP contribution in [0, 0.1) is 0 Å². The van der Waals surface area contributed by atoms with Gasteiger partial charge in [0, 0.05) is 46.2 Å². The summed E-state index contributed by atoms with van der Waals surface area (Å²) in [5, 5.41) is 6.77. The monoisotopic (exact) mass is 332 g/mol. The number of ether oxygens (including phenoxy) is 2. The molecule has 6 nitrogen and oxygen atoms in total. The van der Waals surface area contributed by atoms with Crippen molar-refractivity contribution < 1.29 is 9.47 Å². The number of guanidine groups is 1. The Morgan fingerprint density at radius 3 is 2.83 bits per heavy atom. The Hall–Kier alpha value is -1.79. The maximum Gasteiger partial charge on any atom is 0.191 e. The molecule has 1 aromatic carbocycles. The van der Waals surface area contributed by atoms with E-state index in [1.807, 2.05) is 7.05 Å². The third-order valence-corrected chi connectivity index (χ3v) is 4.51. The Bertz CT molecular complexity index is 556. The van der Waals surface area contributed by atoms with E-state index in [0.29, 0.717) is 0 Å². The first-order chi connectivity index (χ1) is 11.8. The molecule has 2 N–H and O–H groups in total. The molecule has 1 fully saturated rings. The smallest absolute Gasteiger partial charge is 0.191 e. The summed E-state index contributed by atoms with van der Waals surface area (Å²) in [6, 6.07) is 6.51. The van der Waals surface area contributed by atoms with Crippen LogP contribution in [0.25, 0.3) is 0 Å². The summed E-state index contributed by atoms with van der Waals surface area (Å²) in [7, 11) is 1.82. The van der Waals surface area contributed by atoms with Crippen molar-refractivity contribution in [3.05, 3.63) is 29.3 Å². The van der Waals surface area contributed by atoms with E-state index in [4.69, 9.17) is 9.47 Å². The molecular weight excluding hydrogens is 304 g/mol. The second kappa shape index (κ2) is 8.89. The minimum absolute atomic E-state index is 0.816. The van der Waals surface area contributed by atoms with E-state index in [0.717, 1.165) is 77.1 Å². The molecule has 2 aliphatic heterocycles. The molecule has 0 atom stereocenters. The second-order valence-electron chi connectivity index (χ2n) is 6.17. The molecule has 0 spiro atoms. The van der Waals surface area contributed by atoms with E-state index < -0.39 is 0 Å². The first-order valence-electron chi connectivity index (χ1n) is 8.84. The lowest BCUT2D eigenvalue weighted by atomic mass is 10.1. The zero-order valence-corrected chi connectivity index (χ0v) is 14.5. The van der Waals surface area contributed by atoms with Gasteiger partial charge in [-0.15, -0.1) is 0 Å². The van der Waals surface area contributed by atoms with Crippen LogP contribution in [0.4, 0.5) is 0 Å². The quantitative estimate of drug-likeness (QED) is 0.592. The predicted molar refractivity (Wildman–Crippen MR) is 96.0 cm³/mol. The third kappa shape index (κ3) is 4.85. The molecule has 0 amide bonds. The number of benzene rings is 1.